The van der Waals surface area contributed by atoms with Crippen LogP contribution >= 0.6 is 0 Å². The molecule has 186 valence electrons. The largest absolute Gasteiger partial charge is 0.369 e. The molecule has 0 saturated carbocycles. The zero-order valence-corrected chi connectivity index (χ0v) is 20.8. The first-order valence-corrected chi connectivity index (χ1v) is 12.3. The summed E-state index contributed by atoms with van der Waals surface area (Å²) in [6.07, 6.45) is 3.39. The summed E-state index contributed by atoms with van der Waals surface area (Å²) in [7, 11) is 2.15. The van der Waals surface area contributed by atoms with Gasteiger partial charge in [0.05, 0.1) is 6.20 Å². The van der Waals surface area contributed by atoms with Gasteiger partial charge in [-0.15, -0.1) is 0 Å². The number of carbonyl (C=O) groups is 1. The van der Waals surface area contributed by atoms with Crippen LogP contribution in [0.2, 0.25) is 0 Å². The predicted molar refractivity (Wildman–Crippen MR) is 143 cm³/mol. The van der Waals surface area contributed by atoms with E-state index in [1.165, 1.54) is 5.69 Å². The molecule has 0 spiro atoms. The van der Waals surface area contributed by atoms with Gasteiger partial charge >= 0.3 is 0 Å². The first kappa shape index (κ1) is 22.9. The van der Waals surface area contributed by atoms with Crippen molar-refractivity contribution in [2.75, 3.05) is 43.4 Å². The standard InChI is InChI=1S/C28H27N7O2/c1-19-6-7-21(17-23(19)30-27(36)24-18-29-25-5-3-4-12-35(24)25)26-31-28(37-32-26)20-8-10-22(11-9-20)34-15-13-33(2)14-16-34/h3-12,17-18H,13-16H2,1-2H3,(H,30,36). The number of benzene rings is 2. The van der Waals surface area contributed by atoms with E-state index in [9.17, 15) is 4.79 Å². The van der Waals surface area contributed by atoms with Gasteiger partial charge in [0, 0.05) is 54.9 Å². The lowest BCUT2D eigenvalue weighted by atomic mass is 10.1. The van der Waals surface area contributed by atoms with Crippen molar-refractivity contribution < 1.29 is 9.32 Å². The lowest BCUT2D eigenvalue weighted by Gasteiger charge is -2.34. The quantitative estimate of drug-likeness (QED) is 0.389. The van der Waals surface area contributed by atoms with Gasteiger partial charge in [0.25, 0.3) is 11.8 Å². The summed E-state index contributed by atoms with van der Waals surface area (Å²) in [5.74, 6) is 0.674. The molecule has 4 heterocycles. The molecule has 0 radical (unpaired) electrons. The molecule has 0 unspecified atom stereocenters. The number of fused-ring (bicyclic) bond motifs is 1. The predicted octanol–water partition coefficient (Wildman–Crippen LogP) is 4.36. The molecule has 9 nitrogen and oxygen atoms in total. The van der Waals surface area contributed by atoms with Crippen LogP contribution in [0.1, 0.15) is 16.1 Å². The molecule has 0 bridgehead atoms. The number of nitrogens with zero attached hydrogens (tertiary/aromatic N) is 6. The number of nitrogens with one attached hydrogen (secondary N) is 1. The minimum Gasteiger partial charge on any atom is -0.369 e. The third-order valence-electron chi connectivity index (χ3n) is 6.80. The molecule has 1 aliphatic rings. The van der Waals surface area contributed by atoms with E-state index in [1.807, 2.05) is 61.7 Å². The fraction of sp³-hybridized carbons (Fsp3) is 0.214. The molecule has 1 N–H and O–H groups in total. The van der Waals surface area contributed by atoms with E-state index in [4.69, 9.17) is 4.52 Å². The highest BCUT2D eigenvalue weighted by Crippen LogP contribution is 2.28. The minimum absolute atomic E-state index is 0.242. The zero-order valence-electron chi connectivity index (χ0n) is 20.8. The van der Waals surface area contributed by atoms with E-state index in [1.54, 1.807) is 10.6 Å². The summed E-state index contributed by atoms with van der Waals surface area (Å²) in [6.45, 7) is 6.10. The number of hydrogen-bond acceptors (Lipinski definition) is 7. The second-order valence-electron chi connectivity index (χ2n) is 9.32. The molecule has 5 aromatic rings. The van der Waals surface area contributed by atoms with Gasteiger partial charge in [0.1, 0.15) is 11.3 Å². The maximum Gasteiger partial charge on any atom is 0.274 e. The van der Waals surface area contributed by atoms with Crippen molar-refractivity contribution in [3.8, 4) is 22.8 Å². The molecule has 6 rings (SSSR count). The normalized spacial score (nSPS) is 14.3. The van der Waals surface area contributed by atoms with E-state index in [2.05, 4.69) is 49.4 Å². The molecule has 1 fully saturated rings. The van der Waals surface area contributed by atoms with Crippen LogP contribution < -0.4 is 10.2 Å². The van der Waals surface area contributed by atoms with Gasteiger partial charge in [-0.1, -0.05) is 23.4 Å². The van der Waals surface area contributed by atoms with Crippen LogP contribution in [0.25, 0.3) is 28.5 Å². The van der Waals surface area contributed by atoms with E-state index >= 15 is 0 Å². The Labute approximate surface area is 214 Å². The number of amides is 1. The molecule has 0 aliphatic carbocycles. The van der Waals surface area contributed by atoms with Crippen molar-refractivity contribution in [2.24, 2.45) is 0 Å². The van der Waals surface area contributed by atoms with Crippen LogP contribution in [0.5, 0.6) is 0 Å². The van der Waals surface area contributed by atoms with E-state index in [-0.39, 0.29) is 5.91 Å². The molecule has 37 heavy (non-hydrogen) atoms. The number of rotatable bonds is 5. The number of piperazine rings is 1. The highest BCUT2D eigenvalue weighted by Gasteiger charge is 2.17. The Kier molecular flexibility index (Phi) is 5.90. The van der Waals surface area contributed by atoms with Crippen molar-refractivity contribution in [1.82, 2.24) is 24.4 Å². The first-order valence-electron chi connectivity index (χ1n) is 12.3. The number of imidazole rings is 1. The SMILES string of the molecule is Cc1ccc(-c2noc(-c3ccc(N4CCN(C)CC4)cc3)n2)cc1NC(=O)c1cnc2ccccn12. The van der Waals surface area contributed by atoms with Crippen molar-refractivity contribution in [1.29, 1.82) is 0 Å². The Hall–Kier alpha value is -4.50. The third kappa shape index (κ3) is 4.56. The maximum atomic E-state index is 13.0. The van der Waals surface area contributed by atoms with Crippen LogP contribution in [0.4, 0.5) is 11.4 Å². The number of aromatic nitrogens is 4. The Morgan fingerprint density at radius 3 is 2.57 bits per heavy atom. The molecule has 2 aromatic carbocycles. The molecule has 3 aromatic heterocycles. The number of carbonyl (C=O) groups excluding carboxylic acids is 1. The summed E-state index contributed by atoms with van der Waals surface area (Å²) in [5.41, 5.74) is 5.59. The van der Waals surface area contributed by atoms with Gasteiger partial charge in [-0.3, -0.25) is 9.20 Å². The molecular formula is C28H27N7O2. The van der Waals surface area contributed by atoms with Crippen LogP contribution in [0.3, 0.4) is 0 Å². The summed E-state index contributed by atoms with van der Waals surface area (Å²) in [4.78, 5) is 26.7. The summed E-state index contributed by atoms with van der Waals surface area (Å²) in [6, 6.07) is 19.6. The highest BCUT2D eigenvalue weighted by molar-refractivity contribution is 6.04. The third-order valence-corrected chi connectivity index (χ3v) is 6.80. The Morgan fingerprint density at radius 1 is 0.973 bits per heavy atom. The van der Waals surface area contributed by atoms with Crippen molar-refractivity contribution in [3.05, 3.63) is 84.3 Å². The number of pyridine rings is 1. The van der Waals surface area contributed by atoms with Crippen LogP contribution in [0, 0.1) is 6.92 Å². The van der Waals surface area contributed by atoms with Gasteiger partial charge in [-0.2, -0.15) is 4.98 Å². The number of anilines is 2. The summed E-state index contributed by atoms with van der Waals surface area (Å²) < 4.78 is 7.34. The fourth-order valence-corrected chi connectivity index (χ4v) is 4.52. The van der Waals surface area contributed by atoms with E-state index in [0.29, 0.717) is 28.7 Å². The van der Waals surface area contributed by atoms with Gasteiger partial charge in [0.2, 0.25) is 5.82 Å². The van der Waals surface area contributed by atoms with Gasteiger partial charge in [-0.05, 0) is 62.0 Å². The smallest absolute Gasteiger partial charge is 0.274 e. The van der Waals surface area contributed by atoms with Crippen molar-refractivity contribution >= 4 is 22.9 Å². The van der Waals surface area contributed by atoms with Crippen LogP contribution in [-0.4, -0.2) is 63.6 Å². The first-order chi connectivity index (χ1) is 18.0. The highest BCUT2D eigenvalue weighted by atomic mass is 16.5. The fourth-order valence-electron chi connectivity index (χ4n) is 4.52. The second kappa shape index (κ2) is 9.51. The maximum absolute atomic E-state index is 13.0. The molecule has 1 aliphatic heterocycles. The Bertz CT molecular complexity index is 1560. The summed E-state index contributed by atoms with van der Waals surface area (Å²) >= 11 is 0. The zero-order chi connectivity index (χ0) is 25.4. The van der Waals surface area contributed by atoms with Crippen LogP contribution in [0.15, 0.2) is 77.6 Å². The second-order valence-corrected chi connectivity index (χ2v) is 9.32. The molecule has 0 atom stereocenters. The molecule has 1 saturated heterocycles. The lowest BCUT2D eigenvalue weighted by molar-refractivity contribution is 0.102. The van der Waals surface area contributed by atoms with Crippen molar-refractivity contribution in [3.63, 3.8) is 0 Å². The van der Waals surface area contributed by atoms with Gasteiger partial charge in [0.15, 0.2) is 0 Å². The monoisotopic (exact) mass is 493 g/mol. The van der Waals surface area contributed by atoms with Crippen LogP contribution in [-0.2, 0) is 0 Å². The average molecular weight is 494 g/mol. The molecular weight excluding hydrogens is 466 g/mol. The minimum atomic E-state index is -0.242. The van der Waals surface area contributed by atoms with Crippen molar-refractivity contribution in [2.45, 2.75) is 6.92 Å². The summed E-state index contributed by atoms with van der Waals surface area (Å²) in [5, 5.41) is 7.20. The Morgan fingerprint density at radius 2 is 1.76 bits per heavy atom. The van der Waals surface area contributed by atoms with Gasteiger partial charge < -0.3 is 19.6 Å². The average Bonchev–Trinajstić information content (AvgIpc) is 3.59. The number of aryl methyl sites for hydroxylation is 1. The topological polar surface area (TPSA) is 91.8 Å². The number of hydrogen-bond donors (Lipinski definition) is 1. The lowest BCUT2D eigenvalue weighted by Crippen LogP contribution is -2.44. The van der Waals surface area contributed by atoms with E-state index in [0.717, 1.165) is 42.9 Å². The van der Waals surface area contributed by atoms with E-state index < -0.39 is 0 Å². The Balaban J connectivity index is 1.20. The number of likely N-dealkylation sites (N-methyl/N-ethyl adjacent to an activating group) is 1. The molecule has 1 amide bonds. The molecule has 9 heteroatoms. The van der Waals surface area contributed by atoms with Gasteiger partial charge in [-0.25, -0.2) is 4.98 Å².